The van der Waals surface area contributed by atoms with Gasteiger partial charge in [0.1, 0.15) is 5.69 Å². The van der Waals surface area contributed by atoms with Crippen LogP contribution in [0.15, 0.2) is 45.8 Å². The van der Waals surface area contributed by atoms with E-state index >= 15 is 0 Å². The number of nitrogens with zero attached hydrogens (tertiary/aromatic N) is 2. The van der Waals surface area contributed by atoms with E-state index in [0.717, 1.165) is 16.7 Å². The normalized spacial score (nSPS) is 17.0. The minimum atomic E-state index is -3.93. The molecule has 2 aromatic carbocycles. The van der Waals surface area contributed by atoms with Gasteiger partial charge in [-0.1, -0.05) is 40.5 Å². The molecule has 1 atom stereocenters. The van der Waals surface area contributed by atoms with E-state index in [1.807, 2.05) is 26.8 Å². The molecule has 1 aromatic heterocycles. The van der Waals surface area contributed by atoms with Crippen LogP contribution in [0.4, 0.5) is 5.69 Å². The third-order valence-electron chi connectivity index (χ3n) is 6.44. The zero-order valence-electron chi connectivity index (χ0n) is 20.8. The van der Waals surface area contributed by atoms with Crippen molar-refractivity contribution in [2.24, 2.45) is 5.92 Å². The van der Waals surface area contributed by atoms with E-state index in [2.05, 4.69) is 22.6 Å². The molecule has 1 aliphatic rings. The molecule has 1 saturated heterocycles. The highest BCUT2D eigenvalue weighted by molar-refractivity contribution is 7.89. The number of halogens is 1. The Bertz CT molecular complexity index is 1390. The smallest absolute Gasteiger partial charge is 0.248 e. The molecule has 0 unspecified atom stereocenters. The van der Waals surface area contributed by atoms with Gasteiger partial charge < -0.3 is 9.84 Å². The van der Waals surface area contributed by atoms with E-state index < -0.39 is 15.9 Å². The number of hydrogen-bond donors (Lipinski definition) is 1. The van der Waals surface area contributed by atoms with Gasteiger partial charge >= 0.3 is 0 Å². The molecule has 190 valence electrons. The van der Waals surface area contributed by atoms with Crippen molar-refractivity contribution in [3.8, 4) is 0 Å². The summed E-state index contributed by atoms with van der Waals surface area (Å²) in [6.45, 7) is 8.12. The van der Waals surface area contributed by atoms with Crippen molar-refractivity contribution in [3.05, 3.63) is 75.1 Å². The second-order valence-electron chi connectivity index (χ2n) is 9.31. The molecule has 1 N–H and O–H groups in total. The van der Waals surface area contributed by atoms with Crippen LogP contribution >= 0.6 is 11.6 Å². The number of carbonyl (C=O) groups is 1. The second kappa shape index (κ2) is 10.6. The Kier molecular flexibility index (Phi) is 7.68. The molecule has 0 aliphatic carbocycles. The van der Waals surface area contributed by atoms with Crippen LogP contribution in [0.3, 0.4) is 0 Å². The van der Waals surface area contributed by atoms with Gasteiger partial charge in [0, 0.05) is 23.8 Å². The van der Waals surface area contributed by atoms with Crippen molar-refractivity contribution in [1.82, 2.24) is 9.46 Å². The zero-order chi connectivity index (χ0) is 26.0. The van der Waals surface area contributed by atoms with E-state index in [4.69, 9.17) is 16.1 Å². The van der Waals surface area contributed by atoms with Gasteiger partial charge in [0.05, 0.1) is 5.92 Å². The Labute approximate surface area is 217 Å². The summed E-state index contributed by atoms with van der Waals surface area (Å²) in [7, 11) is -3.93. The average Bonchev–Trinajstić information content (AvgIpc) is 3.21. The molecule has 36 heavy (non-hydrogen) atoms. The first kappa shape index (κ1) is 26.1. The fourth-order valence-electron chi connectivity index (χ4n) is 4.69. The van der Waals surface area contributed by atoms with Crippen LogP contribution in [0.2, 0.25) is 5.02 Å². The summed E-state index contributed by atoms with van der Waals surface area (Å²) in [6, 6.07) is 11.0. The minimum Gasteiger partial charge on any atom is -0.355 e. The van der Waals surface area contributed by atoms with Crippen LogP contribution < -0.4 is 5.32 Å². The summed E-state index contributed by atoms with van der Waals surface area (Å²) in [4.78, 5) is 12.9. The third-order valence-corrected chi connectivity index (χ3v) is 8.71. The molecule has 1 fully saturated rings. The molecule has 0 spiro atoms. The lowest BCUT2D eigenvalue weighted by molar-refractivity contribution is -0.120. The lowest BCUT2D eigenvalue weighted by atomic mass is 9.99. The van der Waals surface area contributed by atoms with Crippen molar-refractivity contribution in [2.45, 2.75) is 45.4 Å². The molecule has 1 aliphatic heterocycles. The van der Waals surface area contributed by atoms with Crippen LogP contribution in [-0.4, -0.2) is 36.9 Å². The molecular weight excluding hydrogens is 498 g/mol. The number of amides is 1. The third kappa shape index (κ3) is 5.56. The molecule has 2 heterocycles. The predicted octanol–water partition coefficient (Wildman–Crippen LogP) is 5.77. The first-order chi connectivity index (χ1) is 17.1. The number of piperidine rings is 1. The Balaban J connectivity index is 1.56. The molecule has 0 saturated carbocycles. The van der Waals surface area contributed by atoms with Crippen molar-refractivity contribution >= 4 is 45.4 Å². The summed E-state index contributed by atoms with van der Waals surface area (Å²) in [5, 5.41) is 7.38. The van der Waals surface area contributed by atoms with Gasteiger partial charge in [-0.25, -0.2) is 8.42 Å². The van der Waals surface area contributed by atoms with Crippen LogP contribution in [0.5, 0.6) is 0 Å². The van der Waals surface area contributed by atoms with Crippen molar-refractivity contribution in [2.75, 3.05) is 18.4 Å². The molecule has 4 rings (SSSR count). The Morgan fingerprint density at radius 3 is 2.44 bits per heavy atom. The van der Waals surface area contributed by atoms with Gasteiger partial charge in [0.25, 0.3) is 0 Å². The molecule has 9 heteroatoms. The lowest BCUT2D eigenvalue weighted by Crippen LogP contribution is -2.43. The number of hydrogen-bond acceptors (Lipinski definition) is 5. The summed E-state index contributed by atoms with van der Waals surface area (Å²) in [5.74, 6) is -0.509. The maximum Gasteiger partial charge on any atom is 0.248 e. The predicted molar refractivity (Wildman–Crippen MR) is 142 cm³/mol. The number of benzene rings is 2. The van der Waals surface area contributed by atoms with Gasteiger partial charge in [0.2, 0.25) is 15.9 Å². The van der Waals surface area contributed by atoms with Gasteiger partial charge in [-0.3, -0.25) is 4.79 Å². The van der Waals surface area contributed by atoms with Crippen molar-refractivity contribution < 1.29 is 17.7 Å². The standard InChI is InChI=1S/C27H30ClN3O4S/c1-17-14-18(2)24(19(3)15-17)11-12-25-26(20(4)30-35-25)36(33,34)31-13-5-6-21(16-31)27(32)29-23-9-7-22(28)8-10-23/h7-12,14-15,21H,5-6,13,16H2,1-4H3,(H,29,32)/b12-11+/t21-/m1/s1. The topological polar surface area (TPSA) is 92.5 Å². The highest BCUT2D eigenvalue weighted by Gasteiger charge is 2.37. The van der Waals surface area contributed by atoms with E-state index in [0.29, 0.717) is 35.8 Å². The van der Waals surface area contributed by atoms with E-state index in [9.17, 15) is 13.2 Å². The Morgan fingerprint density at radius 1 is 1.11 bits per heavy atom. The monoisotopic (exact) mass is 527 g/mol. The van der Waals surface area contributed by atoms with Gasteiger partial charge in [-0.05, 0) is 87.6 Å². The van der Waals surface area contributed by atoms with Crippen LogP contribution in [-0.2, 0) is 14.8 Å². The van der Waals surface area contributed by atoms with Crippen molar-refractivity contribution in [3.63, 3.8) is 0 Å². The quantitative estimate of drug-likeness (QED) is 0.439. The molecule has 3 aromatic rings. The number of aryl methyl sites for hydroxylation is 4. The SMILES string of the molecule is Cc1cc(C)c(/C=C/c2onc(C)c2S(=O)(=O)N2CCC[C@@H](C(=O)Nc3ccc(Cl)cc3)C2)c(C)c1. The number of aromatic nitrogens is 1. The zero-order valence-corrected chi connectivity index (χ0v) is 22.4. The number of sulfonamides is 1. The molecule has 7 nitrogen and oxygen atoms in total. The molecule has 1 amide bonds. The molecular formula is C27H30ClN3O4S. The summed E-state index contributed by atoms with van der Waals surface area (Å²) >= 11 is 5.92. The summed E-state index contributed by atoms with van der Waals surface area (Å²) < 4.78 is 34.2. The molecule has 0 bridgehead atoms. The summed E-state index contributed by atoms with van der Waals surface area (Å²) in [6.07, 6.45) is 4.70. The number of carbonyl (C=O) groups excluding carboxylic acids is 1. The summed E-state index contributed by atoms with van der Waals surface area (Å²) in [5.41, 5.74) is 5.27. The van der Waals surface area contributed by atoms with E-state index in [1.165, 1.54) is 9.87 Å². The van der Waals surface area contributed by atoms with Crippen molar-refractivity contribution in [1.29, 1.82) is 0 Å². The maximum atomic E-state index is 13.7. The molecule has 0 radical (unpaired) electrons. The number of nitrogens with one attached hydrogen (secondary N) is 1. The Morgan fingerprint density at radius 2 is 1.78 bits per heavy atom. The first-order valence-electron chi connectivity index (χ1n) is 11.8. The van der Waals surface area contributed by atoms with E-state index in [-0.39, 0.29) is 23.1 Å². The maximum absolute atomic E-state index is 13.7. The second-order valence-corrected chi connectivity index (χ2v) is 11.6. The largest absolute Gasteiger partial charge is 0.355 e. The van der Waals surface area contributed by atoms with Gasteiger partial charge in [-0.2, -0.15) is 4.31 Å². The van der Waals surface area contributed by atoms with Crippen LogP contribution in [0.1, 0.15) is 46.5 Å². The number of anilines is 1. The Hall–Kier alpha value is -2.94. The first-order valence-corrected chi connectivity index (χ1v) is 13.7. The number of rotatable bonds is 6. The average molecular weight is 528 g/mol. The van der Waals surface area contributed by atoms with E-state index in [1.54, 1.807) is 37.3 Å². The van der Waals surface area contributed by atoms with Crippen LogP contribution in [0.25, 0.3) is 12.2 Å². The fraction of sp³-hybridized carbons (Fsp3) is 0.333. The lowest BCUT2D eigenvalue weighted by Gasteiger charge is -2.31. The minimum absolute atomic E-state index is 0.0416. The van der Waals surface area contributed by atoms with Gasteiger partial charge in [0.15, 0.2) is 10.7 Å². The fourth-order valence-corrected chi connectivity index (χ4v) is 6.59. The highest BCUT2D eigenvalue weighted by atomic mass is 35.5. The van der Waals surface area contributed by atoms with Gasteiger partial charge in [-0.15, -0.1) is 0 Å². The highest BCUT2D eigenvalue weighted by Crippen LogP contribution is 2.30. The van der Waals surface area contributed by atoms with Crippen LogP contribution in [0, 0.1) is 33.6 Å².